The number of nitrogens with one attached hydrogen (secondary N) is 1. The molecular formula is C20H16F3N3O. The van der Waals surface area contributed by atoms with Gasteiger partial charge in [0.15, 0.2) is 17.9 Å². The second-order valence-electron chi connectivity index (χ2n) is 6.10. The van der Waals surface area contributed by atoms with E-state index in [9.17, 15) is 18.0 Å². The van der Waals surface area contributed by atoms with E-state index in [1.807, 2.05) is 0 Å². The number of aromatic nitrogens is 1. The number of aldehydes is 1. The smallest absolute Gasteiger partial charge is 0.168 e. The average molecular weight is 371 g/mol. The lowest BCUT2D eigenvalue weighted by atomic mass is 10.0. The van der Waals surface area contributed by atoms with E-state index in [0.29, 0.717) is 6.29 Å². The van der Waals surface area contributed by atoms with Crippen LogP contribution >= 0.6 is 0 Å². The van der Waals surface area contributed by atoms with Gasteiger partial charge >= 0.3 is 0 Å². The topological polar surface area (TPSA) is 68.0 Å². The minimum absolute atomic E-state index is 0.107. The molecule has 0 aliphatic heterocycles. The largest absolute Gasteiger partial charge is 0.381 e. The molecule has 27 heavy (non-hydrogen) atoms. The van der Waals surface area contributed by atoms with Crippen LogP contribution in [0.3, 0.4) is 0 Å². The highest BCUT2D eigenvalue weighted by Gasteiger charge is 2.15. The minimum Gasteiger partial charge on any atom is -0.381 e. The number of aryl methyl sites for hydroxylation is 1. The van der Waals surface area contributed by atoms with Gasteiger partial charge in [-0.25, -0.2) is 18.2 Å². The standard InChI is InChI=1S/C20H16F3N3O/c1-11-2-3-17(16(22)6-11)26-18-9-15(21)13(8-14(18)10-27)7-12-4-5-25-20(24)19(12)23/h2-6,8-10,26H,7H2,1H3,(H2,24,25). The van der Waals surface area contributed by atoms with Crippen LogP contribution in [0.5, 0.6) is 0 Å². The molecule has 0 bridgehead atoms. The Morgan fingerprint density at radius 2 is 1.81 bits per heavy atom. The highest BCUT2D eigenvalue weighted by Crippen LogP contribution is 2.27. The molecule has 0 saturated heterocycles. The molecule has 2 aromatic carbocycles. The number of hydrogen-bond acceptors (Lipinski definition) is 4. The molecule has 0 spiro atoms. The van der Waals surface area contributed by atoms with Gasteiger partial charge in [0.2, 0.25) is 0 Å². The molecule has 3 aromatic rings. The Labute approximate surface area is 153 Å². The number of nitrogens with zero attached hydrogens (tertiary/aromatic N) is 1. The quantitative estimate of drug-likeness (QED) is 0.647. The summed E-state index contributed by atoms with van der Waals surface area (Å²) >= 11 is 0. The number of anilines is 3. The third-order valence-corrected chi connectivity index (χ3v) is 4.12. The lowest BCUT2D eigenvalue weighted by molar-refractivity contribution is 0.112. The van der Waals surface area contributed by atoms with E-state index in [-0.39, 0.29) is 40.3 Å². The number of nitrogens with two attached hydrogens (primary N) is 1. The Bertz CT molecular complexity index is 1020. The van der Waals surface area contributed by atoms with Crippen molar-refractivity contribution in [2.24, 2.45) is 0 Å². The summed E-state index contributed by atoms with van der Waals surface area (Å²) in [4.78, 5) is 15.1. The summed E-state index contributed by atoms with van der Waals surface area (Å²) in [5, 5.41) is 2.72. The summed E-state index contributed by atoms with van der Waals surface area (Å²) in [6, 6.07) is 8.28. The van der Waals surface area contributed by atoms with E-state index >= 15 is 0 Å². The summed E-state index contributed by atoms with van der Waals surface area (Å²) in [5.74, 6) is -2.19. The second-order valence-corrected chi connectivity index (χ2v) is 6.10. The maximum Gasteiger partial charge on any atom is 0.168 e. The molecule has 3 N–H and O–H groups in total. The molecule has 138 valence electrons. The molecule has 1 heterocycles. The molecule has 0 atom stereocenters. The molecule has 0 aliphatic rings. The Kier molecular flexibility index (Phi) is 5.12. The summed E-state index contributed by atoms with van der Waals surface area (Å²) in [7, 11) is 0. The van der Waals surface area contributed by atoms with Gasteiger partial charge in [-0.05, 0) is 53.9 Å². The number of benzene rings is 2. The van der Waals surface area contributed by atoms with Crippen LogP contribution in [0.1, 0.15) is 27.0 Å². The highest BCUT2D eigenvalue weighted by atomic mass is 19.1. The number of carbonyl (C=O) groups is 1. The number of rotatable bonds is 5. The molecule has 0 fully saturated rings. The van der Waals surface area contributed by atoms with Crippen molar-refractivity contribution in [2.45, 2.75) is 13.3 Å². The zero-order valence-corrected chi connectivity index (χ0v) is 14.4. The summed E-state index contributed by atoms with van der Waals surface area (Å²) in [5.41, 5.74) is 6.76. The average Bonchev–Trinajstić information content (AvgIpc) is 2.63. The van der Waals surface area contributed by atoms with Crippen molar-refractivity contribution in [1.29, 1.82) is 0 Å². The van der Waals surface area contributed by atoms with Crippen LogP contribution in [0.2, 0.25) is 0 Å². The monoisotopic (exact) mass is 371 g/mol. The third-order valence-electron chi connectivity index (χ3n) is 4.12. The predicted octanol–water partition coefficient (Wildman–Crippen LogP) is 4.54. The summed E-state index contributed by atoms with van der Waals surface area (Å²) < 4.78 is 42.6. The molecule has 0 radical (unpaired) electrons. The van der Waals surface area contributed by atoms with Crippen LogP contribution in [-0.4, -0.2) is 11.3 Å². The molecule has 1 aromatic heterocycles. The molecular weight excluding hydrogens is 355 g/mol. The van der Waals surface area contributed by atoms with E-state index in [1.165, 1.54) is 30.5 Å². The van der Waals surface area contributed by atoms with Gasteiger partial charge in [0.05, 0.1) is 11.4 Å². The maximum absolute atomic E-state index is 14.5. The van der Waals surface area contributed by atoms with E-state index < -0.39 is 17.5 Å². The van der Waals surface area contributed by atoms with Crippen LogP contribution in [0.25, 0.3) is 0 Å². The number of nitrogen functional groups attached to an aromatic ring is 1. The van der Waals surface area contributed by atoms with Gasteiger partial charge < -0.3 is 11.1 Å². The van der Waals surface area contributed by atoms with Crippen molar-refractivity contribution < 1.29 is 18.0 Å². The molecule has 0 aliphatic carbocycles. The van der Waals surface area contributed by atoms with Crippen LogP contribution in [0, 0.1) is 24.4 Å². The maximum atomic E-state index is 14.5. The van der Waals surface area contributed by atoms with Crippen molar-refractivity contribution >= 4 is 23.5 Å². The fraction of sp³-hybridized carbons (Fsp3) is 0.100. The van der Waals surface area contributed by atoms with Crippen LogP contribution < -0.4 is 11.1 Å². The highest BCUT2D eigenvalue weighted by molar-refractivity contribution is 5.86. The first-order chi connectivity index (χ1) is 12.9. The van der Waals surface area contributed by atoms with Crippen molar-refractivity contribution in [1.82, 2.24) is 4.98 Å². The van der Waals surface area contributed by atoms with Gasteiger partial charge in [-0.15, -0.1) is 0 Å². The summed E-state index contributed by atoms with van der Waals surface area (Å²) in [6.45, 7) is 1.74. The van der Waals surface area contributed by atoms with Gasteiger partial charge in [-0.3, -0.25) is 4.79 Å². The van der Waals surface area contributed by atoms with E-state index in [1.54, 1.807) is 13.0 Å². The van der Waals surface area contributed by atoms with E-state index in [2.05, 4.69) is 10.3 Å². The van der Waals surface area contributed by atoms with Crippen molar-refractivity contribution in [2.75, 3.05) is 11.1 Å². The second kappa shape index (κ2) is 7.49. The Morgan fingerprint density at radius 3 is 2.52 bits per heavy atom. The first-order valence-corrected chi connectivity index (χ1v) is 8.08. The van der Waals surface area contributed by atoms with Crippen LogP contribution in [-0.2, 0) is 6.42 Å². The zero-order valence-electron chi connectivity index (χ0n) is 14.4. The molecule has 7 heteroatoms. The minimum atomic E-state index is -0.728. The van der Waals surface area contributed by atoms with Gasteiger partial charge in [0, 0.05) is 18.2 Å². The van der Waals surface area contributed by atoms with Gasteiger partial charge in [0.1, 0.15) is 11.6 Å². The zero-order chi connectivity index (χ0) is 19.6. The lowest BCUT2D eigenvalue weighted by Gasteiger charge is -2.13. The number of pyridine rings is 1. The van der Waals surface area contributed by atoms with E-state index in [4.69, 9.17) is 5.73 Å². The third kappa shape index (κ3) is 3.92. The Hall–Kier alpha value is -3.35. The fourth-order valence-corrected chi connectivity index (χ4v) is 2.69. The molecule has 0 unspecified atom stereocenters. The predicted molar refractivity (Wildman–Crippen MR) is 97.6 cm³/mol. The summed E-state index contributed by atoms with van der Waals surface area (Å²) in [6.07, 6.45) is 1.74. The van der Waals surface area contributed by atoms with E-state index in [0.717, 1.165) is 11.6 Å². The number of halogens is 3. The van der Waals surface area contributed by atoms with Crippen molar-refractivity contribution in [3.05, 3.63) is 82.3 Å². The number of carbonyl (C=O) groups excluding carboxylic acids is 1. The molecule has 4 nitrogen and oxygen atoms in total. The Balaban J connectivity index is 1.95. The van der Waals surface area contributed by atoms with Crippen molar-refractivity contribution in [3.8, 4) is 0 Å². The van der Waals surface area contributed by atoms with Gasteiger partial charge in [0.25, 0.3) is 0 Å². The van der Waals surface area contributed by atoms with Crippen molar-refractivity contribution in [3.63, 3.8) is 0 Å². The SMILES string of the molecule is Cc1ccc(Nc2cc(F)c(Cc3ccnc(N)c3F)cc2C=O)c(F)c1. The fourth-order valence-electron chi connectivity index (χ4n) is 2.69. The molecule has 0 saturated carbocycles. The van der Waals surface area contributed by atoms with Gasteiger partial charge in [-0.2, -0.15) is 0 Å². The van der Waals surface area contributed by atoms with Gasteiger partial charge in [-0.1, -0.05) is 6.07 Å². The first kappa shape index (κ1) is 18.4. The number of hydrogen-bond donors (Lipinski definition) is 2. The molecule has 0 amide bonds. The van der Waals surface area contributed by atoms with Crippen LogP contribution in [0.4, 0.5) is 30.4 Å². The Morgan fingerprint density at radius 1 is 1.04 bits per heavy atom. The molecule has 3 rings (SSSR count). The first-order valence-electron chi connectivity index (χ1n) is 8.08. The lowest BCUT2D eigenvalue weighted by Crippen LogP contribution is -2.04. The van der Waals surface area contributed by atoms with Crippen LogP contribution in [0.15, 0.2) is 42.6 Å². The normalized spacial score (nSPS) is 10.7.